The minimum absolute atomic E-state index is 0.00391. The molecule has 0 spiro atoms. The Morgan fingerprint density at radius 2 is 1.61 bits per heavy atom. The normalized spacial score (nSPS) is 11.7. The van der Waals surface area contributed by atoms with Crippen molar-refractivity contribution in [3.8, 4) is 39.7 Å². The van der Waals surface area contributed by atoms with Gasteiger partial charge < -0.3 is 30.6 Å². The van der Waals surface area contributed by atoms with Crippen molar-refractivity contribution in [1.82, 2.24) is 15.4 Å². The van der Waals surface area contributed by atoms with E-state index in [-0.39, 0.29) is 23.8 Å². The zero-order valence-corrected chi connectivity index (χ0v) is 27.1. The Morgan fingerprint density at radius 3 is 2.24 bits per heavy atom. The third-order valence-electron chi connectivity index (χ3n) is 7.99. The smallest absolute Gasteiger partial charge is 0.332 e. The van der Waals surface area contributed by atoms with Gasteiger partial charge in [0, 0.05) is 54.2 Å². The van der Waals surface area contributed by atoms with Crippen molar-refractivity contribution in [1.29, 1.82) is 5.41 Å². The van der Waals surface area contributed by atoms with E-state index in [0.717, 1.165) is 41.2 Å². The maximum Gasteiger partial charge on any atom is 0.332 e. The predicted octanol–water partition coefficient (Wildman–Crippen LogP) is 6.32. The lowest BCUT2D eigenvalue weighted by Gasteiger charge is -2.21. The summed E-state index contributed by atoms with van der Waals surface area (Å²) in [5.74, 6) is -1.15. The van der Waals surface area contributed by atoms with Crippen molar-refractivity contribution in [3.05, 3.63) is 114 Å². The van der Waals surface area contributed by atoms with E-state index < -0.39 is 12.1 Å². The fourth-order valence-electron chi connectivity index (χ4n) is 5.28. The Labute approximate surface area is 284 Å². The Hall–Kier alpha value is -6.20. The van der Waals surface area contributed by atoms with Crippen LogP contribution in [0.15, 0.2) is 103 Å². The number of nitrogens with zero attached hydrogens (tertiary/aromatic N) is 2. The second-order valence-electron chi connectivity index (χ2n) is 11.2. The van der Waals surface area contributed by atoms with Gasteiger partial charge in [0.05, 0.1) is 22.6 Å². The zero-order chi connectivity index (χ0) is 34.9. The highest BCUT2D eigenvalue weighted by atomic mass is 16.4. The van der Waals surface area contributed by atoms with Crippen LogP contribution in [-0.4, -0.2) is 62.1 Å². The number of carboxylic acid groups (broad SMARTS) is 1. The van der Waals surface area contributed by atoms with Crippen molar-refractivity contribution >= 4 is 35.0 Å². The fraction of sp³-hybridized carbons (Fsp3) is 0.158. The number of aliphatic carboxylic acids is 1. The molecule has 0 fully saturated rings. The molecule has 1 unspecified atom stereocenters. The maximum atomic E-state index is 12.3. The molecular weight excluding hydrogens is 620 g/mol. The summed E-state index contributed by atoms with van der Waals surface area (Å²) in [4.78, 5) is 33.8. The molecule has 1 aromatic heterocycles. The number of amides is 1. The molecule has 0 aliphatic heterocycles. The number of rotatable bonds is 14. The van der Waals surface area contributed by atoms with Gasteiger partial charge in [-0.2, -0.15) is 0 Å². The number of aromatic amines is 1. The van der Waals surface area contributed by atoms with Crippen molar-refractivity contribution in [2.75, 3.05) is 23.4 Å². The first-order valence-electron chi connectivity index (χ1n) is 15.8. The first kappa shape index (κ1) is 34.1. The van der Waals surface area contributed by atoms with Crippen LogP contribution in [-0.2, 0) is 9.59 Å². The van der Waals surface area contributed by atoms with Crippen LogP contribution in [0.25, 0.3) is 40.0 Å². The van der Waals surface area contributed by atoms with Crippen LogP contribution >= 0.6 is 0 Å². The molecule has 4 aromatic carbocycles. The molecule has 1 amide bonds. The summed E-state index contributed by atoms with van der Waals surface area (Å²) in [6.45, 7) is 5.71. The molecule has 0 saturated heterocycles. The van der Waals surface area contributed by atoms with Gasteiger partial charge >= 0.3 is 5.97 Å². The number of aromatic hydroxyl groups is 1. The second kappa shape index (κ2) is 15.6. The number of para-hydroxylation sites is 1. The fourth-order valence-corrected chi connectivity index (χ4v) is 5.28. The number of aromatic nitrogens is 2. The lowest BCUT2D eigenvalue weighted by atomic mass is 9.99. The van der Waals surface area contributed by atoms with E-state index in [1.807, 2.05) is 66.7 Å². The topological polar surface area (TPSA) is 175 Å². The Morgan fingerprint density at radius 1 is 0.939 bits per heavy atom. The molecule has 250 valence electrons. The van der Waals surface area contributed by atoms with Crippen LogP contribution in [0.4, 0.5) is 11.4 Å². The lowest BCUT2D eigenvalue weighted by Crippen LogP contribution is -2.27. The van der Waals surface area contributed by atoms with Gasteiger partial charge in [-0.25, -0.2) is 9.78 Å². The van der Waals surface area contributed by atoms with Gasteiger partial charge in [0.25, 0.3) is 5.91 Å². The highest BCUT2D eigenvalue weighted by Gasteiger charge is 2.20. The summed E-state index contributed by atoms with van der Waals surface area (Å²) in [6, 6.07) is 29.3. The van der Waals surface area contributed by atoms with E-state index in [2.05, 4.69) is 34.6 Å². The van der Waals surface area contributed by atoms with Gasteiger partial charge in [0.1, 0.15) is 11.6 Å². The number of anilines is 2. The minimum Gasteiger partial charge on any atom is -0.507 e. The molecule has 11 nitrogen and oxygen atoms in total. The molecule has 0 aliphatic rings. The number of H-pyrrole nitrogens is 1. The van der Waals surface area contributed by atoms with E-state index in [9.17, 15) is 19.8 Å². The Bertz CT molecular complexity index is 1950. The molecule has 0 saturated carbocycles. The van der Waals surface area contributed by atoms with Crippen molar-refractivity contribution in [3.63, 3.8) is 0 Å². The number of aliphatic hydroxyl groups excluding tert-OH is 1. The SMILES string of the molecule is CCN(CC)c1ccc(-c2nc(-c3ccc(C(=N)CC(O)C(=O)O)cc3)c(-c3ccc(/C=C/C(=O)NNc4ccccc4)cc3)[nH]2)c(O)c1. The molecule has 1 heterocycles. The van der Waals surface area contributed by atoms with E-state index in [1.54, 1.807) is 36.4 Å². The number of phenolic OH excluding ortho intramolecular Hbond substituents is 1. The molecule has 0 bridgehead atoms. The number of hydrogen-bond donors (Lipinski definition) is 7. The van der Waals surface area contributed by atoms with E-state index in [1.165, 1.54) is 6.08 Å². The largest absolute Gasteiger partial charge is 0.507 e. The molecule has 0 aliphatic carbocycles. The van der Waals surface area contributed by atoms with Gasteiger partial charge in [0.15, 0.2) is 6.10 Å². The molecule has 49 heavy (non-hydrogen) atoms. The van der Waals surface area contributed by atoms with Gasteiger partial charge in [-0.05, 0) is 55.3 Å². The van der Waals surface area contributed by atoms with Crippen LogP contribution < -0.4 is 15.8 Å². The number of carboxylic acids is 1. The predicted molar refractivity (Wildman–Crippen MR) is 192 cm³/mol. The summed E-state index contributed by atoms with van der Waals surface area (Å²) in [5.41, 5.74) is 11.8. The summed E-state index contributed by atoms with van der Waals surface area (Å²) in [5, 5.41) is 38.0. The third-order valence-corrected chi connectivity index (χ3v) is 7.99. The quantitative estimate of drug-likeness (QED) is 0.0412. The average Bonchev–Trinajstić information content (AvgIpc) is 3.56. The third kappa shape index (κ3) is 8.40. The Balaban J connectivity index is 1.44. The number of phenols is 1. The van der Waals surface area contributed by atoms with Crippen LogP contribution in [0.3, 0.4) is 0 Å². The molecule has 5 aromatic rings. The van der Waals surface area contributed by atoms with Crippen LogP contribution in [0.1, 0.15) is 31.4 Å². The monoisotopic (exact) mass is 658 g/mol. The molecule has 5 rings (SSSR count). The number of nitrogens with one attached hydrogen (secondary N) is 4. The number of hydrazine groups is 1. The van der Waals surface area contributed by atoms with Crippen LogP contribution in [0.2, 0.25) is 0 Å². The summed E-state index contributed by atoms with van der Waals surface area (Å²) in [6.07, 6.45) is 1.16. The molecule has 1 atom stereocenters. The molecular formula is C38H38N6O5. The number of aliphatic hydroxyl groups is 1. The Kier molecular flexibility index (Phi) is 10.9. The summed E-state index contributed by atoms with van der Waals surface area (Å²) >= 11 is 0. The second-order valence-corrected chi connectivity index (χ2v) is 11.2. The minimum atomic E-state index is -1.66. The van der Waals surface area contributed by atoms with Crippen LogP contribution in [0.5, 0.6) is 5.75 Å². The van der Waals surface area contributed by atoms with E-state index in [0.29, 0.717) is 28.3 Å². The number of imidazole rings is 1. The van der Waals surface area contributed by atoms with Crippen molar-refractivity contribution < 1.29 is 24.9 Å². The first-order valence-corrected chi connectivity index (χ1v) is 15.8. The van der Waals surface area contributed by atoms with Crippen molar-refractivity contribution in [2.45, 2.75) is 26.4 Å². The summed E-state index contributed by atoms with van der Waals surface area (Å²) < 4.78 is 0. The molecule has 7 N–H and O–H groups in total. The van der Waals surface area contributed by atoms with Gasteiger partial charge in [-0.15, -0.1) is 0 Å². The number of benzene rings is 4. The highest BCUT2D eigenvalue weighted by molar-refractivity contribution is 6.01. The summed E-state index contributed by atoms with van der Waals surface area (Å²) in [7, 11) is 0. The standard InChI is InChI=1S/C38H38N6O5/c1-3-44(4-2)29-19-20-30(32(45)22-29)37-40-35(36(41-37)27-17-15-25(16-18-27)31(39)23-33(46)38(48)49)26-13-10-24(11-14-26)12-21-34(47)43-42-28-8-6-5-7-9-28/h5-22,33,39,42,45-46H,3-4,23H2,1-2H3,(H,40,41)(H,43,47)(H,48,49)/b21-12+,39-31?. The zero-order valence-electron chi connectivity index (χ0n) is 27.1. The van der Waals surface area contributed by atoms with Gasteiger partial charge in [0.2, 0.25) is 0 Å². The van der Waals surface area contributed by atoms with Crippen molar-refractivity contribution in [2.24, 2.45) is 0 Å². The van der Waals surface area contributed by atoms with Gasteiger partial charge in [-0.1, -0.05) is 66.7 Å². The lowest BCUT2D eigenvalue weighted by molar-refractivity contribution is -0.146. The average molecular weight is 659 g/mol. The van der Waals surface area contributed by atoms with Gasteiger partial charge in [-0.3, -0.25) is 15.6 Å². The highest BCUT2D eigenvalue weighted by Crippen LogP contribution is 2.37. The number of carbonyl (C=O) groups is 2. The molecule has 11 heteroatoms. The van der Waals surface area contributed by atoms with E-state index in [4.69, 9.17) is 15.5 Å². The number of hydrogen-bond acceptors (Lipinski definition) is 8. The van der Waals surface area contributed by atoms with E-state index >= 15 is 0 Å². The first-order chi connectivity index (χ1) is 23.7. The maximum absolute atomic E-state index is 12.3. The molecule has 0 radical (unpaired) electrons. The number of carbonyl (C=O) groups excluding carboxylic acids is 1. The van der Waals surface area contributed by atoms with Crippen LogP contribution in [0, 0.1) is 5.41 Å².